The summed E-state index contributed by atoms with van der Waals surface area (Å²) in [5.41, 5.74) is 2.91. The molecule has 0 radical (unpaired) electrons. The highest BCUT2D eigenvalue weighted by Gasteiger charge is 2.24. The summed E-state index contributed by atoms with van der Waals surface area (Å²) in [5, 5.41) is 3.52. The summed E-state index contributed by atoms with van der Waals surface area (Å²) in [6, 6.07) is 9.40. The first-order valence-corrected chi connectivity index (χ1v) is 7.85. The Labute approximate surface area is 123 Å². The van der Waals surface area contributed by atoms with E-state index in [-0.39, 0.29) is 0 Å². The van der Waals surface area contributed by atoms with Gasteiger partial charge in [0.2, 0.25) is 0 Å². The lowest BCUT2D eigenvalue weighted by Crippen LogP contribution is -2.36. The van der Waals surface area contributed by atoms with Gasteiger partial charge < -0.3 is 15.0 Å². The molecule has 112 valence electrons. The van der Waals surface area contributed by atoms with Crippen LogP contribution in [0.5, 0.6) is 0 Å². The zero-order chi connectivity index (χ0) is 14.4. The van der Waals surface area contributed by atoms with E-state index in [1.54, 1.807) is 0 Å². The van der Waals surface area contributed by atoms with Gasteiger partial charge in [-0.3, -0.25) is 0 Å². The SMILES string of the molecule is CC(C)OCCCNCCN1c2ccccc2CC1C. The van der Waals surface area contributed by atoms with Crippen LogP contribution in [0.1, 0.15) is 32.8 Å². The Morgan fingerprint density at radius 1 is 1.30 bits per heavy atom. The maximum atomic E-state index is 5.53. The first-order valence-electron chi connectivity index (χ1n) is 7.85. The number of fused-ring (bicyclic) bond motifs is 1. The van der Waals surface area contributed by atoms with Crippen LogP contribution in [0.3, 0.4) is 0 Å². The van der Waals surface area contributed by atoms with Crippen LogP contribution in [0.15, 0.2) is 24.3 Å². The molecular formula is C17H28N2O. The molecule has 20 heavy (non-hydrogen) atoms. The molecule has 0 aromatic heterocycles. The maximum Gasteiger partial charge on any atom is 0.0518 e. The van der Waals surface area contributed by atoms with Crippen LogP contribution in [0, 0.1) is 0 Å². The largest absolute Gasteiger partial charge is 0.379 e. The number of rotatable bonds is 8. The molecule has 2 rings (SSSR count). The zero-order valence-corrected chi connectivity index (χ0v) is 13.1. The van der Waals surface area contributed by atoms with Gasteiger partial charge in [0, 0.05) is 31.4 Å². The van der Waals surface area contributed by atoms with Gasteiger partial charge in [-0.05, 0) is 51.8 Å². The van der Waals surface area contributed by atoms with Crippen LogP contribution >= 0.6 is 0 Å². The van der Waals surface area contributed by atoms with Gasteiger partial charge >= 0.3 is 0 Å². The number of anilines is 1. The Hall–Kier alpha value is -1.06. The van der Waals surface area contributed by atoms with Crippen LogP contribution < -0.4 is 10.2 Å². The smallest absolute Gasteiger partial charge is 0.0518 e. The molecule has 1 aromatic rings. The molecule has 0 aliphatic carbocycles. The van der Waals surface area contributed by atoms with Crippen LogP contribution in [0.25, 0.3) is 0 Å². The fraction of sp³-hybridized carbons (Fsp3) is 0.647. The molecule has 1 N–H and O–H groups in total. The molecular weight excluding hydrogens is 248 g/mol. The number of para-hydroxylation sites is 1. The Morgan fingerprint density at radius 2 is 2.10 bits per heavy atom. The zero-order valence-electron chi connectivity index (χ0n) is 13.1. The summed E-state index contributed by atoms with van der Waals surface area (Å²) in [5.74, 6) is 0. The fourth-order valence-corrected chi connectivity index (χ4v) is 2.81. The van der Waals surface area contributed by atoms with E-state index in [4.69, 9.17) is 4.74 Å². The lowest BCUT2D eigenvalue weighted by molar-refractivity contribution is 0.0771. The second kappa shape index (κ2) is 7.65. The molecule has 0 amide bonds. The van der Waals surface area contributed by atoms with Gasteiger partial charge in [0.1, 0.15) is 0 Å². The van der Waals surface area contributed by atoms with Crippen molar-refractivity contribution in [1.82, 2.24) is 5.32 Å². The van der Waals surface area contributed by atoms with Gasteiger partial charge in [-0.1, -0.05) is 18.2 Å². The summed E-state index contributed by atoms with van der Waals surface area (Å²) in [4.78, 5) is 2.52. The summed E-state index contributed by atoms with van der Waals surface area (Å²) < 4.78 is 5.53. The number of ether oxygens (including phenoxy) is 1. The third kappa shape index (κ3) is 4.22. The van der Waals surface area contributed by atoms with Crippen LogP contribution in [-0.4, -0.2) is 38.4 Å². The van der Waals surface area contributed by atoms with Crippen LogP contribution in [-0.2, 0) is 11.2 Å². The minimum atomic E-state index is 0.344. The maximum absolute atomic E-state index is 5.53. The van der Waals surface area contributed by atoms with Gasteiger partial charge in [0.25, 0.3) is 0 Å². The van der Waals surface area contributed by atoms with Crippen molar-refractivity contribution in [3.05, 3.63) is 29.8 Å². The second-order valence-electron chi connectivity index (χ2n) is 5.90. The predicted octanol–water partition coefficient (Wildman–Crippen LogP) is 2.84. The predicted molar refractivity (Wildman–Crippen MR) is 85.5 cm³/mol. The van der Waals surface area contributed by atoms with Gasteiger partial charge in [0.15, 0.2) is 0 Å². The van der Waals surface area contributed by atoms with E-state index >= 15 is 0 Å². The lowest BCUT2D eigenvalue weighted by Gasteiger charge is -2.25. The van der Waals surface area contributed by atoms with Gasteiger partial charge in [-0.25, -0.2) is 0 Å². The highest BCUT2D eigenvalue weighted by atomic mass is 16.5. The van der Waals surface area contributed by atoms with Crippen molar-refractivity contribution in [2.45, 2.75) is 45.8 Å². The minimum absolute atomic E-state index is 0.344. The molecule has 1 heterocycles. The number of hydrogen-bond donors (Lipinski definition) is 1. The number of hydrogen-bond acceptors (Lipinski definition) is 3. The molecule has 3 nitrogen and oxygen atoms in total. The Bertz CT molecular complexity index is 406. The van der Waals surface area contributed by atoms with E-state index in [2.05, 4.69) is 55.3 Å². The molecule has 0 saturated heterocycles. The van der Waals surface area contributed by atoms with E-state index in [9.17, 15) is 0 Å². The third-order valence-corrected chi connectivity index (χ3v) is 3.83. The molecule has 0 bridgehead atoms. The average molecular weight is 276 g/mol. The summed E-state index contributed by atoms with van der Waals surface area (Å²) in [6.45, 7) is 10.5. The molecule has 1 aliphatic rings. The summed E-state index contributed by atoms with van der Waals surface area (Å²) in [7, 11) is 0. The third-order valence-electron chi connectivity index (χ3n) is 3.83. The van der Waals surface area contributed by atoms with E-state index < -0.39 is 0 Å². The van der Waals surface area contributed by atoms with Crippen molar-refractivity contribution in [3.8, 4) is 0 Å². The van der Waals surface area contributed by atoms with Gasteiger partial charge in [-0.2, -0.15) is 0 Å². The topological polar surface area (TPSA) is 24.5 Å². The first-order chi connectivity index (χ1) is 9.68. The first kappa shape index (κ1) is 15.3. The summed E-state index contributed by atoms with van der Waals surface area (Å²) >= 11 is 0. The molecule has 1 aromatic carbocycles. The standard InChI is InChI=1S/C17H28N2O/c1-14(2)20-12-6-9-18-10-11-19-15(3)13-16-7-4-5-8-17(16)19/h4-5,7-8,14-15,18H,6,9-13H2,1-3H3. The quantitative estimate of drug-likeness (QED) is 0.739. The number of nitrogens with one attached hydrogen (secondary N) is 1. The van der Waals surface area contributed by atoms with E-state index in [1.807, 2.05) is 0 Å². The number of nitrogens with zero attached hydrogens (tertiary/aromatic N) is 1. The van der Waals surface area contributed by atoms with E-state index in [0.717, 1.165) is 32.7 Å². The molecule has 1 aliphatic heterocycles. The molecule has 1 atom stereocenters. The van der Waals surface area contributed by atoms with E-state index in [0.29, 0.717) is 12.1 Å². The lowest BCUT2D eigenvalue weighted by atomic mass is 10.1. The minimum Gasteiger partial charge on any atom is -0.379 e. The molecule has 3 heteroatoms. The van der Waals surface area contributed by atoms with E-state index in [1.165, 1.54) is 17.7 Å². The highest BCUT2D eigenvalue weighted by molar-refractivity contribution is 5.59. The molecule has 0 saturated carbocycles. The molecule has 0 spiro atoms. The fourth-order valence-electron chi connectivity index (χ4n) is 2.81. The van der Waals surface area contributed by atoms with Gasteiger partial charge in [-0.15, -0.1) is 0 Å². The Kier molecular flexibility index (Phi) is 5.86. The van der Waals surface area contributed by atoms with Crippen LogP contribution in [0.2, 0.25) is 0 Å². The van der Waals surface area contributed by atoms with Crippen LogP contribution in [0.4, 0.5) is 5.69 Å². The van der Waals surface area contributed by atoms with Crippen molar-refractivity contribution in [1.29, 1.82) is 0 Å². The normalized spacial score (nSPS) is 17.8. The Morgan fingerprint density at radius 3 is 2.90 bits per heavy atom. The van der Waals surface area contributed by atoms with Gasteiger partial charge in [0.05, 0.1) is 6.10 Å². The average Bonchev–Trinajstić information content (AvgIpc) is 2.73. The van der Waals surface area contributed by atoms with Crippen molar-refractivity contribution in [2.75, 3.05) is 31.1 Å². The second-order valence-corrected chi connectivity index (χ2v) is 5.90. The molecule has 1 unspecified atom stereocenters. The van der Waals surface area contributed by atoms with Crippen molar-refractivity contribution in [2.24, 2.45) is 0 Å². The Balaban J connectivity index is 1.65. The van der Waals surface area contributed by atoms with Crippen molar-refractivity contribution >= 4 is 5.69 Å². The highest BCUT2D eigenvalue weighted by Crippen LogP contribution is 2.30. The van der Waals surface area contributed by atoms with Crippen molar-refractivity contribution in [3.63, 3.8) is 0 Å². The number of benzene rings is 1. The van der Waals surface area contributed by atoms with Crippen molar-refractivity contribution < 1.29 is 4.74 Å². The monoisotopic (exact) mass is 276 g/mol. The summed E-state index contributed by atoms with van der Waals surface area (Å²) in [6.07, 6.45) is 2.61. The molecule has 0 fully saturated rings.